The van der Waals surface area contributed by atoms with Gasteiger partial charge in [0.25, 0.3) is 5.91 Å². The molecule has 0 saturated heterocycles. The van der Waals surface area contributed by atoms with Crippen LogP contribution in [0.1, 0.15) is 17.3 Å². The van der Waals surface area contributed by atoms with Gasteiger partial charge in [0, 0.05) is 28.0 Å². The van der Waals surface area contributed by atoms with Gasteiger partial charge in [-0.1, -0.05) is 35.3 Å². The van der Waals surface area contributed by atoms with E-state index < -0.39 is 18.0 Å². The maximum atomic E-state index is 12.4. The summed E-state index contributed by atoms with van der Waals surface area (Å²) < 4.78 is 5.23. The fourth-order valence-corrected chi connectivity index (χ4v) is 2.68. The van der Waals surface area contributed by atoms with E-state index in [4.69, 9.17) is 33.0 Å². The van der Waals surface area contributed by atoms with E-state index in [1.54, 1.807) is 30.3 Å². The van der Waals surface area contributed by atoms with Gasteiger partial charge in [0.05, 0.1) is 12.2 Å². The molecule has 2 aromatic carbocycles. The number of nitrogens with one attached hydrogen (secondary N) is 2. The number of carbonyl (C=O) groups is 2. The van der Waals surface area contributed by atoms with Crippen molar-refractivity contribution in [3.63, 3.8) is 0 Å². The molecule has 0 aliphatic rings. The highest BCUT2D eigenvalue weighted by molar-refractivity contribution is 6.35. The molecule has 0 aromatic heterocycles. The number of hydrogen-bond acceptors (Lipinski definition) is 5. The van der Waals surface area contributed by atoms with Gasteiger partial charge in [-0.15, -0.1) is 0 Å². The Balaban J connectivity index is 2.03. The number of ether oxygens (including phenoxy) is 1. The Morgan fingerprint density at radius 1 is 1.15 bits per heavy atom. The molecular formula is C18H18Cl2N2O4. The lowest BCUT2D eigenvalue weighted by molar-refractivity contribution is -0.123. The third-order valence-electron chi connectivity index (χ3n) is 3.36. The highest BCUT2D eigenvalue weighted by Crippen LogP contribution is 2.23. The molecule has 0 bridgehead atoms. The highest BCUT2D eigenvalue weighted by Gasteiger charge is 2.21. The van der Waals surface area contributed by atoms with Crippen molar-refractivity contribution in [2.24, 2.45) is 0 Å². The molecule has 0 fully saturated rings. The average Bonchev–Trinajstić information content (AvgIpc) is 2.59. The van der Waals surface area contributed by atoms with Crippen LogP contribution in [0.3, 0.4) is 0 Å². The van der Waals surface area contributed by atoms with Crippen LogP contribution in [0.2, 0.25) is 10.0 Å². The van der Waals surface area contributed by atoms with Gasteiger partial charge in [0.2, 0.25) is 0 Å². The molecule has 0 unspecified atom stereocenters. The molecular weight excluding hydrogens is 379 g/mol. The topological polar surface area (TPSA) is 87.7 Å². The van der Waals surface area contributed by atoms with Crippen LogP contribution in [0.4, 0.5) is 11.4 Å². The zero-order valence-electron chi connectivity index (χ0n) is 14.0. The van der Waals surface area contributed by atoms with Crippen LogP contribution in [0.25, 0.3) is 0 Å². The molecule has 0 radical (unpaired) electrons. The summed E-state index contributed by atoms with van der Waals surface area (Å²) in [5, 5.41) is 15.2. The molecule has 138 valence electrons. The second-order valence-corrected chi connectivity index (χ2v) is 6.26. The second-order valence-electron chi connectivity index (χ2n) is 5.39. The molecule has 8 heteroatoms. The summed E-state index contributed by atoms with van der Waals surface area (Å²) in [6.07, 6.45) is -1.04. The lowest BCUT2D eigenvalue weighted by Gasteiger charge is -2.16. The molecule has 2 aromatic rings. The summed E-state index contributed by atoms with van der Waals surface area (Å²) in [5.41, 5.74) is 1.19. The van der Waals surface area contributed by atoms with Crippen LogP contribution in [0.15, 0.2) is 42.5 Å². The van der Waals surface area contributed by atoms with E-state index in [0.717, 1.165) is 0 Å². The lowest BCUT2D eigenvalue weighted by atomic mass is 10.1. The van der Waals surface area contributed by atoms with Crippen molar-refractivity contribution in [2.75, 3.05) is 23.8 Å². The van der Waals surface area contributed by atoms with Gasteiger partial charge >= 0.3 is 5.97 Å². The predicted molar refractivity (Wildman–Crippen MR) is 102 cm³/mol. The van der Waals surface area contributed by atoms with Crippen LogP contribution in [0.5, 0.6) is 0 Å². The number of halogens is 2. The number of carbonyl (C=O) groups excluding carboxylic acids is 2. The average molecular weight is 397 g/mol. The molecule has 2 rings (SSSR count). The van der Waals surface area contributed by atoms with Crippen LogP contribution in [-0.2, 0) is 9.53 Å². The SMILES string of the molecule is C[C@H](OC(=O)c1ccccc1NCCO)C(=O)Nc1cc(Cl)cc(Cl)c1. The molecule has 0 heterocycles. The minimum atomic E-state index is -1.04. The van der Waals surface area contributed by atoms with Gasteiger partial charge in [0.1, 0.15) is 0 Å². The maximum Gasteiger partial charge on any atom is 0.341 e. The van der Waals surface area contributed by atoms with Gasteiger partial charge < -0.3 is 20.5 Å². The second kappa shape index (κ2) is 9.43. The first-order valence-electron chi connectivity index (χ1n) is 7.82. The minimum Gasteiger partial charge on any atom is -0.449 e. The van der Waals surface area contributed by atoms with E-state index in [0.29, 0.717) is 21.4 Å². The molecule has 6 nitrogen and oxygen atoms in total. The number of rotatable bonds is 7. The lowest BCUT2D eigenvalue weighted by Crippen LogP contribution is -2.30. The molecule has 3 N–H and O–H groups in total. The predicted octanol–water partition coefficient (Wildman–Crippen LogP) is 3.58. The summed E-state index contributed by atoms with van der Waals surface area (Å²) in [7, 11) is 0. The van der Waals surface area contributed by atoms with E-state index in [2.05, 4.69) is 10.6 Å². The Hall–Kier alpha value is -2.28. The maximum absolute atomic E-state index is 12.4. The fraction of sp³-hybridized carbons (Fsp3) is 0.222. The quantitative estimate of drug-likeness (QED) is 0.622. The summed E-state index contributed by atoms with van der Waals surface area (Å²) in [4.78, 5) is 24.6. The summed E-state index contributed by atoms with van der Waals surface area (Å²) in [6, 6.07) is 11.3. The summed E-state index contributed by atoms with van der Waals surface area (Å²) >= 11 is 11.8. The van der Waals surface area contributed by atoms with Gasteiger partial charge in [0.15, 0.2) is 6.10 Å². The smallest absolute Gasteiger partial charge is 0.341 e. The molecule has 0 spiro atoms. The minimum absolute atomic E-state index is 0.0790. The van der Waals surface area contributed by atoms with Crippen molar-refractivity contribution >= 4 is 46.5 Å². The number of para-hydroxylation sites is 1. The van der Waals surface area contributed by atoms with Crippen LogP contribution < -0.4 is 10.6 Å². The van der Waals surface area contributed by atoms with Crippen molar-refractivity contribution in [3.8, 4) is 0 Å². The third-order valence-corrected chi connectivity index (χ3v) is 3.79. The van der Waals surface area contributed by atoms with Gasteiger partial charge in [-0.05, 0) is 37.3 Å². The van der Waals surface area contributed by atoms with E-state index in [-0.39, 0.29) is 18.7 Å². The van der Waals surface area contributed by atoms with E-state index in [1.165, 1.54) is 19.1 Å². The Morgan fingerprint density at radius 3 is 2.46 bits per heavy atom. The van der Waals surface area contributed by atoms with Gasteiger partial charge in [-0.2, -0.15) is 0 Å². The zero-order valence-corrected chi connectivity index (χ0v) is 15.5. The number of benzene rings is 2. The zero-order chi connectivity index (χ0) is 19.1. The first-order chi connectivity index (χ1) is 12.4. The Labute approximate surface area is 161 Å². The highest BCUT2D eigenvalue weighted by atomic mass is 35.5. The van der Waals surface area contributed by atoms with E-state index in [1.807, 2.05) is 0 Å². The number of hydrogen-bond donors (Lipinski definition) is 3. The fourth-order valence-electron chi connectivity index (χ4n) is 2.15. The Morgan fingerprint density at radius 2 is 1.81 bits per heavy atom. The van der Waals surface area contributed by atoms with Gasteiger partial charge in [-0.25, -0.2) is 4.79 Å². The standard InChI is InChI=1S/C18H18Cl2N2O4/c1-11(17(24)22-14-9-12(19)8-13(20)10-14)26-18(25)15-4-2-3-5-16(15)21-6-7-23/h2-5,8-11,21,23H,6-7H2,1H3,(H,22,24)/t11-/m0/s1. The third kappa shape index (κ3) is 5.62. The summed E-state index contributed by atoms with van der Waals surface area (Å²) in [5.74, 6) is -1.17. The molecule has 1 amide bonds. The number of amides is 1. The monoisotopic (exact) mass is 396 g/mol. The van der Waals surface area contributed by atoms with E-state index >= 15 is 0 Å². The number of aliphatic hydroxyl groups is 1. The van der Waals surface area contributed by atoms with Crippen molar-refractivity contribution in [3.05, 3.63) is 58.1 Å². The molecule has 1 atom stereocenters. The van der Waals surface area contributed by atoms with Gasteiger partial charge in [-0.3, -0.25) is 4.79 Å². The van der Waals surface area contributed by atoms with Crippen LogP contribution in [0, 0.1) is 0 Å². The number of anilines is 2. The first-order valence-corrected chi connectivity index (χ1v) is 8.58. The normalized spacial score (nSPS) is 11.5. The summed E-state index contributed by atoms with van der Waals surface area (Å²) in [6.45, 7) is 1.67. The molecule has 26 heavy (non-hydrogen) atoms. The number of esters is 1. The van der Waals surface area contributed by atoms with Crippen LogP contribution in [-0.4, -0.2) is 36.2 Å². The Kier molecular flexibility index (Phi) is 7.26. The van der Waals surface area contributed by atoms with Crippen molar-refractivity contribution in [1.29, 1.82) is 0 Å². The van der Waals surface area contributed by atoms with Crippen molar-refractivity contribution in [1.82, 2.24) is 0 Å². The molecule has 0 saturated carbocycles. The molecule has 0 aliphatic carbocycles. The van der Waals surface area contributed by atoms with Crippen LogP contribution >= 0.6 is 23.2 Å². The Bertz CT molecular complexity index is 778. The number of aliphatic hydroxyl groups excluding tert-OH is 1. The molecule has 0 aliphatic heterocycles. The van der Waals surface area contributed by atoms with Crippen molar-refractivity contribution in [2.45, 2.75) is 13.0 Å². The largest absolute Gasteiger partial charge is 0.449 e. The first kappa shape index (κ1) is 20.0. The van der Waals surface area contributed by atoms with E-state index in [9.17, 15) is 9.59 Å². The van der Waals surface area contributed by atoms with Crippen molar-refractivity contribution < 1.29 is 19.4 Å².